The SMILES string of the molecule is CCCn1ncnc1CC(C)(O)CC(C)C. The van der Waals surface area contributed by atoms with Crippen molar-refractivity contribution >= 4 is 0 Å². The lowest BCUT2D eigenvalue weighted by Crippen LogP contribution is -2.30. The van der Waals surface area contributed by atoms with Crippen LogP contribution in [0.1, 0.15) is 46.4 Å². The minimum atomic E-state index is -0.688. The zero-order chi connectivity index (χ0) is 12.2. The van der Waals surface area contributed by atoms with E-state index >= 15 is 0 Å². The van der Waals surface area contributed by atoms with Crippen molar-refractivity contribution in [2.75, 3.05) is 0 Å². The number of hydrogen-bond acceptors (Lipinski definition) is 3. The lowest BCUT2D eigenvalue weighted by Gasteiger charge is -2.24. The number of rotatable bonds is 6. The third kappa shape index (κ3) is 3.93. The Balaban J connectivity index is 2.67. The summed E-state index contributed by atoms with van der Waals surface area (Å²) in [5.41, 5.74) is -0.688. The largest absolute Gasteiger partial charge is 0.390 e. The van der Waals surface area contributed by atoms with Crippen LogP contribution in [-0.4, -0.2) is 25.5 Å². The van der Waals surface area contributed by atoms with Gasteiger partial charge in [0.1, 0.15) is 12.2 Å². The molecule has 0 aliphatic carbocycles. The van der Waals surface area contributed by atoms with E-state index in [9.17, 15) is 5.11 Å². The first-order valence-corrected chi connectivity index (χ1v) is 6.03. The Kier molecular flexibility index (Phi) is 4.47. The van der Waals surface area contributed by atoms with Gasteiger partial charge in [-0.05, 0) is 25.7 Å². The topological polar surface area (TPSA) is 50.9 Å². The molecular weight excluding hydrogens is 202 g/mol. The molecule has 4 nitrogen and oxygen atoms in total. The van der Waals surface area contributed by atoms with Crippen LogP contribution in [-0.2, 0) is 13.0 Å². The molecule has 0 fully saturated rings. The second-order valence-corrected chi connectivity index (χ2v) is 5.17. The van der Waals surface area contributed by atoms with Crippen molar-refractivity contribution in [3.05, 3.63) is 12.2 Å². The summed E-state index contributed by atoms with van der Waals surface area (Å²) < 4.78 is 1.88. The molecule has 0 saturated carbocycles. The Morgan fingerprint density at radius 2 is 2.19 bits per heavy atom. The molecule has 0 spiro atoms. The zero-order valence-electron chi connectivity index (χ0n) is 10.8. The summed E-state index contributed by atoms with van der Waals surface area (Å²) in [4.78, 5) is 4.22. The number of aryl methyl sites for hydroxylation is 1. The minimum Gasteiger partial charge on any atom is -0.390 e. The molecular formula is C12H23N3O. The van der Waals surface area contributed by atoms with Gasteiger partial charge in [0.25, 0.3) is 0 Å². The lowest BCUT2D eigenvalue weighted by molar-refractivity contribution is 0.0358. The van der Waals surface area contributed by atoms with Crippen LogP contribution in [0.4, 0.5) is 0 Å². The normalized spacial score (nSPS) is 15.4. The van der Waals surface area contributed by atoms with Crippen LogP contribution >= 0.6 is 0 Å². The van der Waals surface area contributed by atoms with Crippen LogP contribution in [0.2, 0.25) is 0 Å². The summed E-state index contributed by atoms with van der Waals surface area (Å²) in [5.74, 6) is 1.37. The van der Waals surface area contributed by atoms with E-state index in [1.165, 1.54) is 0 Å². The Morgan fingerprint density at radius 3 is 2.75 bits per heavy atom. The molecule has 0 aliphatic heterocycles. The molecule has 1 heterocycles. The first kappa shape index (κ1) is 13.2. The quantitative estimate of drug-likeness (QED) is 0.806. The number of hydrogen-bond donors (Lipinski definition) is 1. The maximum absolute atomic E-state index is 10.3. The third-order valence-electron chi connectivity index (χ3n) is 2.52. The second kappa shape index (κ2) is 5.43. The van der Waals surface area contributed by atoms with Crippen LogP contribution in [0.25, 0.3) is 0 Å². The van der Waals surface area contributed by atoms with Gasteiger partial charge in [0.15, 0.2) is 0 Å². The molecule has 1 unspecified atom stereocenters. The second-order valence-electron chi connectivity index (χ2n) is 5.17. The smallest absolute Gasteiger partial charge is 0.138 e. The van der Waals surface area contributed by atoms with Gasteiger partial charge in [-0.3, -0.25) is 4.68 Å². The molecule has 4 heteroatoms. The van der Waals surface area contributed by atoms with Crippen molar-refractivity contribution < 1.29 is 5.11 Å². The van der Waals surface area contributed by atoms with Crippen molar-refractivity contribution in [2.24, 2.45) is 5.92 Å². The molecule has 1 aromatic heterocycles. The molecule has 1 N–H and O–H groups in total. The van der Waals surface area contributed by atoms with Gasteiger partial charge in [0, 0.05) is 13.0 Å². The molecule has 0 aliphatic rings. The molecule has 0 radical (unpaired) electrons. The summed E-state index contributed by atoms with van der Waals surface area (Å²) in [5, 5.41) is 14.4. The Bertz CT molecular complexity index is 318. The fraction of sp³-hybridized carbons (Fsp3) is 0.833. The highest BCUT2D eigenvalue weighted by Crippen LogP contribution is 2.20. The summed E-state index contributed by atoms with van der Waals surface area (Å²) in [7, 11) is 0. The highest BCUT2D eigenvalue weighted by atomic mass is 16.3. The number of aromatic nitrogens is 3. The maximum Gasteiger partial charge on any atom is 0.138 e. The van der Waals surface area contributed by atoms with Gasteiger partial charge in [-0.2, -0.15) is 5.10 Å². The summed E-state index contributed by atoms with van der Waals surface area (Å²) >= 11 is 0. The van der Waals surface area contributed by atoms with Crippen molar-refractivity contribution in [1.82, 2.24) is 14.8 Å². The average Bonchev–Trinajstić information content (AvgIpc) is 2.50. The highest BCUT2D eigenvalue weighted by Gasteiger charge is 2.24. The molecule has 92 valence electrons. The zero-order valence-corrected chi connectivity index (χ0v) is 10.8. The van der Waals surface area contributed by atoms with Crippen LogP contribution < -0.4 is 0 Å². The average molecular weight is 225 g/mol. The third-order valence-corrected chi connectivity index (χ3v) is 2.52. The predicted octanol–water partition coefficient (Wildman–Crippen LogP) is 2.03. The predicted molar refractivity (Wildman–Crippen MR) is 64.1 cm³/mol. The summed E-state index contributed by atoms with van der Waals surface area (Å²) in [6.07, 6.45) is 3.95. The summed E-state index contributed by atoms with van der Waals surface area (Å²) in [6, 6.07) is 0. The van der Waals surface area contributed by atoms with Gasteiger partial charge in [-0.25, -0.2) is 4.98 Å². The standard InChI is InChI=1S/C12H23N3O/c1-5-6-15-11(13-9-14-15)8-12(4,16)7-10(2)3/h9-10,16H,5-8H2,1-4H3. The van der Waals surface area contributed by atoms with Gasteiger partial charge in [-0.1, -0.05) is 20.8 Å². The van der Waals surface area contributed by atoms with E-state index in [0.717, 1.165) is 25.2 Å². The van der Waals surface area contributed by atoms with Gasteiger partial charge >= 0.3 is 0 Å². The van der Waals surface area contributed by atoms with Gasteiger partial charge < -0.3 is 5.11 Å². The molecule has 16 heavy (non-hydrogen) atoms. The van der Waals surface area contributed by atoms with Gasteiger partial charge in [-0.15, -0.1) is 0 Å². The van der Waals surface area contributed by atoms with Gasteiger partial charge in [0.05, 0.1) is 5.60 Å². The Labute approximate surface area is 97.7 Å². The molecule has 1 rings (SSSR count). The van der Waals surface area contributed by atoms with Crippen molar-refractivity contribution in [2.45, 2.75) is 59.1 Å². The summed E-state index contributed by atoms with van der Waals surface area (Å²) in [6.45, 7) is 9.08. The molecule has 1 aromatic rings. The molecule has 0 aromatic carbocycles. The molecule has 0 saturated heterocycles. The minimum absolute atomic E-state index is 0.484. The number of aliphatic hydroxyl groups is 1. The van der Waals surface area contributed by atoms with E-state index in [1.807, 2.05) is 11.6 Å². The van der Waals surface area contributed by atoms with E-state index < -0.39 is 5.60 Å². The van der Waals surface area contributed by atoms with Crippen LogP contribution in [0.15, 0.2) is 6.33 Å². The van der Waals surface area contributed by atoms with Crippen molar-refractivity contribution in [3.63, 3.8) is 0 Å². The molecule has 1 atom stereocenters. The Hall–Kier alpha value is -0.900. The van der Waals surface area contributed by atoms with Crippen LogP contribution in [0, 0.1) is 5.92 Å². The fourth-order valence-electron chi connectivity index (χ4n) is 2.12. The molecule has 0 amide bonds. The lowest BCUT2D eigenvalue weighted by atomic mass is 9.91. The van der Waals surface area contributed by atoms with E-state index in [0.29, 0.717) is 12.3 Å². The highest BCUT2D eigenvalue weighted by molar-refractivity contribution is 4.93. The first-order valence-electron chi connectivity index (χ1n) is 6.03. The van der Waals surface area contributed by atoms with Crippen molar-refractivity contribution in [3.8, 4) is 0 Å². The maximum atomic E-state index is 10.3. The van der Waals surface area contributed by atoms with Gasteiger partial charge in [0.2, 0.25) is 0 Å². The number of nitrogens with zero attached hydrogens (tertiary/aromatic N) is 3. The Morgan fingerprint density at radius 1 is 1.50 bits per heavy atom. The van der Waals surface area contributed by atoms with Crippen LogP contribution in [0.3, 0.4) is 0 Å². The fourth-order valence-corrected chi connectivity index (χ4v) is 2.12. The molecule has 0 bridgehead atoms. The first-order chi connectivity index (χ1) is 7.44. The van der Waals surface area contributed by atoms with E-state index in [2.05, 4.69) is 30.9 Å². The van der Waals surface area contributed by atoms with E-state index in [-0.39, 0.29) is 0 Å². The van der Waals surface area contributed by atoms with E-state index in [1.54, 1.807) is 6.33 Å². The van der Waals surface area contributed by atoms with Crippen LogP contribution in [0.5, 0.6) is 0 Å². The monoisotopic (exact) mass is 225 g/mol. The van der Waals surface area contributed by atoms with E-state index in [4.69, 9.17) is 0 Å². The van der Waals surface area contributed by atoms with Crippen molar-refractivity contribution in [1.29, 1.82) is 0 Å².